The molecule has 1 aliphatic rings. The Labute approximate surface area is 183 Å². The number of halogens is 1. The molecule has 0 fully saturated rings. The van der Waals surface area contributed by atoms with Crippen molar-refractivity contribution in [2.75, 3.05) is 23.3 Å². The van der Waals surface area contributed by atoms with E-state index in [0.717, 1.165) is 6.07 Å². The van der Waals surface area contributed by atoms with Crippen LogP contribution in [0.5, 0.6) is 17.2 Å². The molecule has 0 unspecified atom stereocenters. The Hall–Kier alpha value is -3.43. The maximum absolute atomic E-state index is 12.7. The van der Waals surface area contributed by atoms with Crippen molar-refractivity contribution in [3.8, 4) is 17.2 Å². The second kappa shape index (κ2) is 8.37. The Balaban J connectivity index is 1.57. The molecule has 3 aromatic carbocycles. The lowest BCUT2D eigenvalue weighted by Crippen LogP contribution is -2.17. The van der Waals surface area contributed by atoms with Crippen LogP contribution in [0.3, 0.4) is 0 Å². The van der Waals surface area contributed by atoms with Crippen molar-refractivity contribution in [1.82, 2.24) is 0 Å². The second-order valence-corrected chi connectivity index (χ2v) is 8.73. The Kier molecular flexibility index (Phi) is 5.62. The summed E-state index contributed by atoms with van der Waals surface area (Å²) in [6.07, 6.45) is 0. The molecule has 0 saturated heterocycles. The van der Waals surface area contributed by atoms with Crippen LogP contribution in [-0.4, -0.2) is 32.6 Å². The molecule has 31 heavy (non-hydrogen) atoms. The zero-order chi connectivity index (χ0) is 22.0. The number of phenolic OH excluding ortho intramolecular Hbond substituents is 1. The molecule has 0 spiro atoms. The van der Waals surface area contributed by atoms with E-state index in [2.05, 4.69) is 10.0 Å². The monoisotopic (exact) mass is 460 g/mol. The molecule has 1 amide bonds. The largest absolute Gasteiger partial charge is 0.506 e. The molecular formula is C21H17ClN2O6S. The van der Waals surface area contributed by atoms with Gasteiger partial charge in [0.1, 0.15) is 19.0 Å². The number of hydrogen-bond acceptors (Lipinski definition) is 6. The molecule has 0 aromatic heterocycles. The first-order valence-electron chi connectivity index (χ1n) is 9.14. The lowest BCUT2D eigenvalue weighted by Gasteiger charge is -2.18. The first kappa shape index (κ1) is 20.8. The summed E-state index contributed by atoms with van der Waals surface area (Å²) in [5, 5.41) is 13.0. The average molecular weight is 461 g/mol. The van der Waals surface area contributed by atoms with Gasteiger partial charge in [-0.2, -0.15) is 0 Å². The van der Waals surface area contributed by atoms with Crippen LogP contribution in [0.4, 0.5) is 11.4 Å². The third-order valence-electron chi connectivity index (χ3n) is 4.41. The number of carbonyl (C=O) groups excluding carboxylic acids is 1. The van der Waals surface area contributed by atoms with Crippen molar-refractivity contribution >= 4 is 38.9 Å². The summed E-state index contributed by atoms with van der Waals surface area (Å²) in [5.74, 6) is 0.133. The molecule has 0 aliphatic carbocycles. The van der Waals surface area contributed by atoms with Gasteiger partial charge < -0.3 is 19.9 Å². The Morgan fingerprint density at radius 1 is 0.968 bits per heavy atom. The number of sulfonamides is 1. The van der Waals surface area contributed by atoms with E-state index < -0.39 is 15.9 Å². The fourth-order valence-electron chi connectivity index (χ4n) is 2.93. The van der Waals surface area contributed by atoms with Gasteiger partial charge >= 0.3 is 0 Å². The summed E-state index contributed by atoms with van der Waals surface area (Å²) in [5.41, 5.74) is 0.477. The zero-order valence-corrected chi connectivity index (χ0v) is 17.5. The summed E-state index contributed by atoms with van der Waals surface area (Å²) < 4.78 is 38.7. The van der Waals surface area contributed by atoms with Crippen LogP contribution in [0.25, 0.3) is 0 Å². The molecule has 0 saturated carbocycles. The van der Waals surface area contributed by atoms with Crippen LogP contribution in [-0.2, 0) is 10.0 Å². The number of nitrogens with one attached hydrogen (secondary N) is 2. The number of benzene rings is 3. The third kappa shape index (κ3) is 4.68. The molecule has 0 atom stereocenters. The van der Waals surface area contributed by atoms with Crippen LogP contribution in [0.1, 0.15) is 10.4 Å². The summed E-state index contributed by atoms with van der Waals surface area (Å²) >= 11 is 5.89. The molecule has 4 rings (SSSR count). The van der Waals surface area contributed by atoms with E-state index in [1.165, 1.54) is 24.3 Å². The van der Waals surface area contributed by atoms with Crippen LogP contribution in [0, 0.1) is 0 Å². The van der Waals surface area contributed by atoms with E-state index in [0.29, 0.717) is 29.7 Å². The van der Waals surface area contributed by atoms with Crippen molar-refractivity contribution in [1.29, 1.82) is 0 Å². The van der Waals surface area contributed by atoms with Gasteiger partial charge in [0.25, 0.3) is 15.9 Å². The normalized spacial score (nSPS) is 12.8. The van der Waals surface area contributed by atoms with Crippen LogP contribution >= 0.6 is 11.6 Å². The number of phenols is 1. The van der Waals surface area contributed by atoms with Gasteiger partial charge in [0.2, 0.25) is 0 Å². The van der Waals surface area contributed by atoms with Crippen molar-refractivity contribution in [2.45, 2.75) is 4.90 Å². The minimum atomic E-state index is -3.99. The van der Waals surface area contributed by atoms with Crippen LogP contribution in [0.2, 0.25) is 5.02 Å². The standard InChI is InChI=1S/C21H17ClN2O6S/c22-14-2-1-3-15(11-14)24-31(27,28)16-5-6-18(25)17(12-16)23-21(26)13-4-7-19-20(10-13)30-9-8-29-19/h1-7,10-12,24-25H,8-9H2,(H,23,26). The first-order chi connectivity index (χ1) is 14.8. The van der Waals surface area contributed by atoms with Gasteiger partial charge in [0.05, 0.1) is 16.3 Å². The van der Waals surface area contributed by atoms with Crippen molar-refractivity contribution in [3.63, 3.8) is 0 Å². The Bertz CT molecular complexity index is 1260. The molecule has 0 bridgehead atoms. The molecular weight excluding hydrogens is 444 g/mol. The van der Waals surface area contributed by atoms with Crippen LogP contribution < -0.4 is 19.5 Å². The lowest BCUT2D eigenvalue weighted by molar-refractivity contribution is 0.102. The number of aromatic hydroxyl groups is 1. The quantitative estimate of drug-likeness (QED) is 0.498. The van der Waals surface area contributed by atoms with Gasteiger partial charge in [-0.15, -0.1) is 0 Å². The predicted octanol–water partition coefficient (Wildman–Crippen LogP) is 3.87. The van der Waals surface area contributed by atoms with E-state index in [9.17, 15) is 18.3 Å². The fourth-order valence-corrected chi connectivity index (χ4v) is 4.19. The van der Waals surface area contributed by atoms with Gasteiger partial charge in [0, 0.05) is 10.6 Å². The molecule has 3 N–H and O–H groups in total. The van der Waals surface area contributed by atoms with Crippen LogP contribution in [0.15, 0.2) is 65.6 Å². The van der Waals surface area contributed by atoms with Crippen molar-refractivity contribution in [3.05, 3.63) is 71.2 Å². The number of fused-ring (bicyclic) bond motifs is 1. The van der Waals surface area contributed by atoms with E-state index in [4.69, 9.17) is 21.1 Å². The molecule has 3 aromatic rings. The highest BCUT2D eigenvalue weighted by atomic mass is 35.5. The first-order valence-corrected chi connectivity index (χ1v) is 11.0. The lowest BCUT2D eigenvalue weighted by atomic mass is 10.1. The summed E-state index contributed by atoms with van der Waals surface area (Å²) in [6.45, 7) is 0.801. The number of anilines is 2. The highest BCUT2D eigenvalue weighted by Gasteiger charge is 2.19. The summed E-state index contributed by atoms with van der Waals surface area (Å²) in [7, 11) is -3.99. The van der Waals surface area contributed by atoms with Gasteiger partial charge in [-0.1, -0.05) is 17.7 Å². The average Bonchev–Trinajstić information content (AvgIpc) is 2.74. The number of ether oxygens (including phenoxy) is 2. The number of hydrogen-bond donors (Lipinski definition) is 3. The SMILES string of the molecule is O=C(Nc1cc(S(=O)(=O)Nc2cccc(Cl)c2)ccc1O)c1ccc2c(c1)OCCO2. The molecule has 8 nitrogen and oxygen atoms in total. The minimum Gasteiger partial charge on any atom is -0.506 e. The Morgan fingerprint density at radius 2 is 1.74 bits per heavy atom. The molecule has 1 heterocycles. The minimum absolute atomic E-state index is 0.0612. The molecule has 160 valence electrons. The van der Waals surface area contributed by atoms with E-state index >= 15 is 0 Å². The highest BCUT2D eigenvalue weighted by Crippen LogP contribution is 2.32. The molecule has 10 heteroatoms. The van der Waals surface area contributed by atoms with Crippen molar-refractivity contribution in [2.24, 2.45) is 0 Å². The van der Waals surface area contributed by atoms with E-state index in [1.807, 2.05) is 0 Å². The smallest absolute Gasteiger partial charge is 0.261 e. The zero-order valence-electron chi connectivity index (χ0n) is 16.0. The molecule has 0 radical (unpaired) electrons. The van der Waals surface area contributed by atoms with E-state index in [-0.39, 0.29) is 27.6 Å². The molecule has 1 aliphatic heterocycles. The van der Waals surface area contributed by atoms with Gasteiger partial charge in [-0.25, -0.2) is 8.42 Å². The van der Waals surface area contributed by atoms with Gasteiger partial charge in [-0.3, -0.25) is 9.52 Å². The second-order valence-electron chi connectivity index (χ2n) is 6.61. The predicted molar refractivity (Wildman–Crippen MR) is 116 cm³/mol. The number of carbonyl (C=O) groups is 1. The number of amides is 1. The van der Waals surface area contributed by atoms with Gasteiger partial charge in [-0.05, 0) is 54.6 Å². The summed E-state index contributed by atoms with van der Waals surface area (Å²) in [4.78, 5) is 12.5. The highest BCUT2D eigenvalue weighted by molar-refractivity contribution is 7.92. The topological polar surface area (TPSA) is 114 Å². The third-order valence-corrected chi connectivity index (χ3v) is 6.02. The fraction of sp³-hybridized carbons (Fsp3) is 0.0952. The number of rotatable bonds is 5. The van der Waals surface area contributed by atoms with Gasteiger partial charge in [0.15, 0.2) is 11.5 Å². The maximum atomic E-state index is 12.7. The summed E-state index contributed by atoms with van der Waals surface area (Å²) in [6, 6.07) is 14.5. The van der Waals surface area contributed by atoms with Crippen molar-refractivity contribution < 1.29 is 27.8 Å². The van der Waals surface area contributed by atoms with E-state index in [1.54, 1.807) is 30.3 Å². The Morgan fingerprint density at radius 3 is 2.52 bits per heavy atom. The maximum Gasteiger partial charge on any atom is 0.261 e.